The zero-order valence-electron chi connectivity index (χ0n) is 10.7. The predicted octanol–water partition coefficient (Wildman–Crippen LogP) is 0.667. The molecule has 0 unspecified atom stereocenters. The zero-order chi connectivity index (χ0) is 13.9. The molecule has 0 aliphatic heterocycles. The highest BCUT2D eigenvalue weighted by molar-refractivity contribution is 7.89. The highest BCUT2D eigenvalue weighted by Gasteiger charge is 2.24. The van der Waals surface area contributed by atoms with E-state index in [1.54, 1.807) is 25.5 Å². The Kier molecular flexibility index (Phi) is 3.82. The molecule has 2 heterocycles. The van der Waals surface area contributed by atoms with Gasteiger partial charge in [0.25, 0.3) is 0 Å². The third-order valence-electron chi connectivity index (χ3n) is 2.67. The van der Waals surface area contributed by atoms with E-state index < -0.39 is 10.0 Å². The van der Waals surface area contributed by atoms with Crippen molar-refractivity contribution in [3.05, 3.63) is 36.7 Å². The summed E-state index contributed by atoms with van der Waals surface area (Å²) < 4.78 is 26.1. The molecule has 0 atom stereocenters. The predicted molar refractivity (Wildman–Crippen MR) is 71.0 cm³/mol. The number of hydrogen-bond acceptors (Lipinski definition) is 5. The lowest BCUT2D eigenvalue weighted by Gasteiger charge is -2.17. The maximum absolute atomic E-state index is 12.4. The molecular formula is C11H15N5O2S. The fourth-order valence-electron chi connectivity index (χ4n) is 1.64. The Labute approximate surface area is 111 Å². The first-order valence-corrected chi connectivity index (χ1v) is 7.06. The Balaban J connectivity index is 2.31. The molecule has 0 saturated carbocycles. The Morgan fingerprint density at radius 3 is 2.84 bits per heavy atom. The van der Waals surface area contributed by atoms with Gasteiger partial charge in [0.05, 0.1) is 12.2 Å². The quantitative estimate of drug-likeness (QED) is 0.840. The fraction of sp³-hybridized carbons (Fsp3) is 0.273. The third-order valence-corrected chi connectivity index (χ3v) is 4.50. The van der Waals surface area contributed by atoms with Gasteiger partial charge in [-0.2, -0.15) is 4.31 Å². The number of anilines is 1. The van der Waals surface area contributed by atoms with Gasteiger partial charge in [-0.15, -0.1) is 0 Å². The van der Waals surface area contributed by atoms with Crippen LogP contribution >= 0.6 is 0 Å². The molecule has 102 valence electrons. The largest absolute Gasteiger partial charge is 0.387 e. The second kappa shape index (κ2) is 5.37. The molecule has 0 aliphatic carbocycles. The van der Waals surface area contributed by atoms with Crippen LogP contribution < -0.4 is 5.32 Å². The van der Waals surface area contributed by atoms with E-state index in [-0.39, 0.29) is 11.4 Å². The molecule has 0 bridgehead atoms. The van der Waals surface area contributed by atoms with Crippen molar-refractivity contribution in [1.82, 2.24) is 19.3 Å². The Morgan fingerprint density at radius 2 is 2.21 bits per heavy atom. The van der Waals surface area contributed by atoms with Gasteiger partial charge in [0, 0.05) is 38.9 Å². The minimum Gasteiger partial charge on any atom is -0.387 e. The first kappa shape index (κ1) is 13.5. The van der Waals surface area contributed by atoms with Crippen molar-refractivity contribution >= 4 is 15.7 Å². The van der Waals surface area contributed by atoms with Crippen LogP contribution in [0.5, 0.6) is 0 Å². The number of pyridine rings is 1. The number of nitrogens with zero attached hydrogens (tertiary/aromatic N) is 3. The zero-order valence-corrected chi connectivity index (χ0v) is 11.5. The number of aromatic amines is 1. The van der Waals surface area contributed by atoms with Crippen LogP contribution in [-0.4, -0.2) is 41.8 Å². The van der Waals surface area contributed by atoms with Gasteiger partial charge in [0.2, 0.25) is 10.0 Å². The molecule has 2 aromatic heterocycles. The molecule has 0 aromatic carbocycles. The van der Waals surface area contributed by atoms with E-state index in [0.29, 0.717) is 11.5 Å². The SMILES string of the molecule is CNc1ccncc1S(=O)(=O)N(C)Cc1ncc[nH]1. The normalized spacial score (nSPS) is 11.7. The second-order valence-corrected chi connectivity index (χ2v) is 5.93. The number of aromatic nitrogens is 3. The van der Waals surface area contributed by atoms with Gasteiger partial charge in [0.15, 0.2) is 0 Å². The Hall–Kier alpha value is -1.93. The molecule has 7 nitrogen and oxygen atoms in total. The van der Waals surface area contributed by atoms with E-state index >= 15 is 0 Å². The molecule has 19 heavy (non-hydrogen) atoms. The molecule has 0 fully saturated rings. The Bertz CT molecular complexity index is 639. The number of imidazole rings is 1. The van der Waals surface area contributed by atoms with Crippen LogP contribution in [0.4, 0.5) is 5.69 Å². The van der Waals surface area contributed by atoms with Crippen molar-refractivity contribution in [3.63, 3.8) is 0 Å². The van der Waals surface area contributed by atoms with Crippen LogP contribution in [0.2, 0.25) is 0 Å². The lowest BCUT2D eigenvalue weighted by molar-refractivity contribution is 0.458. The number of hydrogen-bond donors (Lipinski definition) is 2. The van der Waals surface area contributed by atoms with E-state index in [4.69, 9.17) is 0 Å². The van der Waals surface area contributed by atoms with E-state index in [1.807, 2.05) is 0 Å². The van der Waals surface area contributed by atoms with Crippen LogP contribution in [-0.2, 0) is 16.6 Å². The topological polar surface area (TPSA) is 91.0 Å². The standard InChI is InChI=1S/C11H15N5O2S/c1-12-9-3-4-13-7-10(9)19(17,18)16(2)8-11-14-5-6-15-11/h3-7H,8H2,1-2H3,(H,12,13)(H,14,15). The average molecular weight is 281 g/mol. The minimum atomic E-state index is -3.61. The van der Waals surface area contributed by atoms with Crippen molar-refractivity contribution in [2.75, 3.05) is 19.4 Å². The summed E-state index contributed by atoms with van der Waals surface area (Å²) in [6.45, 7) is 0.174. The lowest BCUT2D eigenvalue weighted by Crippen LogP contribution is -2.27. The molecule has 0 aliphatic rings. The van der Waals surface area contributed by atoms with Crippen molar-refractivity contribution in [1.29, 1.82) is 0 Å². The molecule has 2 aromatic rings. The highest BCUT2D eigenvalue weighted by atomic mass is 32.2. The molecule has 0 saturated heterocycles. The number of sulfonamides is 1. The third kappa shape index (κ3) is 2.74. The summed E-state index contributed by atoms with van der Waals surface area (Å²) in [5.41, 5.74) is 0.515. The summed E-state index contributed by atoms with van der Waals surface area (Å²) in [5, 5.41) is 2.85. The summed E-state index contributed by atoms with van der Waals surface area (Å²) in [6.07, 6.45) is 6.11. The summed E-state index contributed by atoms with van der Waals surface area (Å²) in [7, 11) is -0.438. The monoisotopic (exact) mass is 281 g/mol. The molecule has 8 heteroatoms. The van der Waals surface area contributed by atoms with Gasteiger partial charge in [0.1, 0.15) is 10.7 Å². The van der Waals surface area contributed by atoms with Crippen LogP contribution in [0.25, 0.3) is 0 Å². The van der Waals surface area contributed by atoms with Gasteiger partial charge in [-0.05, 0) is 6.07 Å². The van der Waals surface area contributed by atoms with Gasteiger partial charge in [-0.3, -0.25) is 4.98 Å². The van der Waals surface area contributed by atoms with Crippen LogP contribution in [0, 0.1) is 0 Å². The Morgan fingerprint density at radius 1 is 1.42 bits per heavy atom. The van der Waals surface area contributed by atoms with Crippen molar-refractivity contribution < 1.29 is 8.42 Å². The van der Waals surface area contributed by atoms with E-state index in [9.17, 15) is 8.42 Å². The summed E-state index contributed by atoms with van der Waals surface area (Å²) in [4.78, 5) is 10.9. The van der Waals surface area contributed by atoms with Crippen LogP contribution in [0.3, 0.4) is 0 Å². The van der Waals surface area contributed by atoms with Gasteiger partial charge >= 0.3 is 0 Å². The van der Waals surface area contributed by atoms with E-state index in [1.165, 1.54) is 23.7 Å². The first-order valence-electron chi connectivity index (χ1n) is 5.62. The molecule has 0 spiro atoms. The lowest BCUT2D eigenvalue weighted by atomic mass is 10.4. The number of H-pyrrole nitrogens is 1. The van der Waals surface area contributed by atoms with E-state index in [2.05, 4.69) is 20.3 Å². The molecule has 2 N–H and O–H groups in total. The summed E-state index contributed by atoms with van der Waals surface area (Å²) >= 11 is 0. The van der Waals surface area contributed by atoms with Crippen molar-refractivity contribution in [2.45, 2.75) is 11.4 Å². The van der Waals surface area contributed by atoms with Crippen LogP contribution in [0.15, 0.2) is 35.7 Å². The average Bonchev–Trinajstić information content (AvgIpc) is 2.91. The minimum absolute atomic E-state index is 0.145. The molecule has 0 amide bonds. The molecule has 0 radical (unpaired) electrons. The summed E-state index contributed by atoms with van der Waals surface area (Å²) in [6, 6.07) is 1.62. The van der Waals surface area contributed by atoms with Gasteiger partial charge in [-0.1, -0.05) is 0 Å². The maximum Gasteiger partial charge on any atom is 0.246 e. The van der Waals surface area contributed by atoms with Crippen LogP contribution in [0.1, 0.15) is 5.82 Å². The highest BCUT2D eigenvalue weighted by Crippen LogP contribution is 2.22. The van der Waals surface area contributed by atoms with E-state index in [0.717, 1.165) is 0 Å². The fourth-order valence-corrected chi connectivity index (χ4v) is 2.91. The number of nitrogens with one attached hydrogen (secondary N) is 2. The second-order valence-electron chi connectivity index (χ2n) is 3.92. The van der Waals surface area contributed by atoms with Gasteiger partial charge < -0.3 is 10.3 Å². The molecule has 2 rings (SSSR count). The van der Waals surface area contributed by atoms with Gasteiger partial charge in [-0.25, -0.2) is 13.4 Å². The maximum atomic E-state index is 12.4. The number of rotatable bonds is 5. The first-order chi connectivity index (χ1) is 9.05. The summed E-state index contributed by atoms with van der Waals surface area (Å²) in [5.74, 6) is 0.584. The molecular weight excluding hydrogens is 266 g/mol. The smallest absolute Gasteiger partial charge is 0.246 e. The van der Waals surface area contributed by atoms with Crippen molar-refractivity contribution in [3.8, 4) is 0 Å². The van der Waals surface area contributed by atoms with Crippen molar-refractivity contribution in [2.24, 2.45) is 0 Å².